The predicted molar refractivity (Wildman–Crippen MR) is 86.2 cm³/mol. The van der Waals surface area contributed by atoms with Gasteiger partial charge in [-0.3, -0.25) is 4.68 Å². The number of hydrogen-bond acceptors (Lipinski definition) is 4. The molecule has 0 unspecified atom stereocenters. The molecule has 0 radical (unpaired) electrons. The van der Waals surface area contributed by atoms with Gasteiger partial charge in [0, 0.05) is 31.0 Å². The maximum absolute atomic E-state index is 4.73. The van der Waals surface area contributed by atoms with Crippen LogP contribution in [0.25, 0.3) is 11.5 Å². The molecular weight excluding hydrogens is 262 g/mol. The van der Waals surface area contributed by atoms with Gasteiger partial charge in [0.15, 0.2) is 5.82 Å². The van der Waals surface area contributed by atoms with Crippen LogP contribution >= 0.6 is 0 Å². The van der Waals surface area contributed by atoms with Crippen LogP contribution in [0.5, 0.6) is 0 Å². The molecule has 0 saturated carbocycles. The largest absolute Gasteiger partial charge is 0.370 e. The van der Waals surface area contributed by atoms with Crippen molar-refractivity contribution in [2.75, 3.05) is 11.9 Å². The van der Waals surface area contributed by atoms with Gasteiger partial charge in [0.2, 0.25) is 0 Å². The van der Waals surface area contributed by atoms with Crippen LogP contribution in [0.1, 0.15) is 39.8 Å². The van der Waals surface area contributed by atoms with E-state index in [1.165, 1.54) is 0 Å². The second-order valence-electron chi connectivity index (χ2n) is 5.64. The van der Waals surface area contributed by atoms with Crippen LogP contribution in [0.4, 0.5) is 5.82 Å². The first kappa shape index (κ1) is 15.5. The number of aryl methyl sites for hydroxylation is 1. The molecule has 2 aromatic heterocycles. The zero-order valence-corrected chi connectivity index (χ0v) is 13.4. The van der Waals surface area contributed by atoms with Crippen molar-refractivity contribution in [2.24, 2.45) is 5.92 Å². The van der Waals surface area contributed by atoms with Gasteiger partial charge in [-0.1, -0.05) is 20.8 Å². The summed E-state index contributed by atoms with van der Waals surface area (Å²) in [4.78, 5) is 9.36. The maximum atomic E-state index is 4.73. The van der Waals surface area contributed by atoms with E-state index in [1.807, 2.05) is 23.0 Å². The average Bonchev–Trinajstić information content (AvgIpc) is 2.87. The van der Waals surface area contributed by atoms with Crippen LogP contribution in [-0.4, -0.2) is 26.3 Å². The lowest BCUT2D eigenvalue weighted by Gasteiger charge is -2.11. The fraction of sp³-hybridized carbons (Fsp3) is 0.562. The Morgan fingerprint density at radius 1 is 1.24 bits per heavy atom. The minimum Gasteiger partial charge on any atom is -0.370 e. The summed E-state index contributed by atoms with van der Waals surface area (Å²) in [7, 11) is 0. The number of hydrogen-bond donors (Lipinski definition) is 1. The van der Waals surface area contributed by atoms with Gasteiger partial charge in [-0.15, -0.1) is 0 Å². The highest BCUT2D eigenvalue weighted by atomic mass is 15.3. The molecule has 21 heavy (non-hydrogen) atoms. The first-order chi connectivity index (χ1) is 10.1. The van der Waals surface area contributed by atoms with Crippen LogP contribution in [0.3, 0.4) is 0 Å². The maximum Gasteiger partial charge on any atom is 0.180 e. The van der Waals surface area contributed by atoms with Crippen LogP contribution in [0.2, 0.25) is 0 Å². The van der Waals surface area contributed by atoms with Gasteiger partial charge in [-0.05, 0) is 31.7 Å². The molecule has 0 saturated heterocycles. The SMILES string of the molecule is CCCn1nccc1-c1nc(CC(C)C)cc(NCC)n1. The third-order valence-electron chi connectivity index (χ3n) is 3.14. The fourth-order valence-corrected chi connectivity index (χ4v) is 2.32. The van der Waals surface area contributed by atoms with E-state index in [9.17, 15) is 0 Å². The molecule has 5 nitrogen and oxygen atoms in total. The number of anilines is 1. The van der Waals surface area contributed by atoms with Gasteiger partial charge in [0.1, 0.15) is 11.5 Å². The Kier molecular flexibility index (Phi) is 5.31. The molecule has 2 rings (SSSR count). The molecule has 0 aliphatic carbocycles. The topological polar surface area (TPSA) is 55.6 Å². The summed E-state index contributed by atoms with van der Waals surface area (Å²) >= 11 is 0. The third-order valence-corrected chi connectivity index (χ3v) is 3.14. The molecule has 2 aromatic rings. The highest BCUT2D eigenvalue weighted by Crippen LogP contribution is 2.19. The molecule has 0 atom stereocenters. The quantitative estimate of drug-likeness (QED) is 0.848. The standard InChI is InChI=1S/C16H25N5/c1-5-9-21-14(7-8-18-21)16-19-13(10-12(3)4)11-15(20-16)17-6-2/h7-8,11-12H,5-6,9-10H2,1-4H3,(H,17,19,20). The molecular formula is C16H25N5. The van der Waals surface area contributed by atoms with Crippen LogP contribution in [0, 0.1) is 5.92 Å². The van der Waals surface area contributed by atoms with E-state index in [4.69, 9.17) is 4.98 Å². The van der Waals surface area contributed by atoms with Crippen LogP contribution in [0.15, 0.2) is 18.3 Å². The first-order valence-corrected chi connectivity index (χ1v) is 7.78. The Hall–Kier alpha value is -1.91. The lowest BCUT2D eigenvalue weighted by atomic mass is 10.1. The first-order valence-electron chi connectivity index (χ1n) is 7.78. The Labute approximate surface area is 126 Å². The molecule has 0 aliphatic heterocycles. The monoisotopic (exact) mass is 287 g/mol. The fourth-order valence-electron chi connectivity index (χ4n) is 2.32. The molecule has 114 valence electrons. The van der Waals surface area contributed by atoms with Crippen molar-refractivity contribution in [3.63, 3.8) is 0 Å². The van der Waals surface area contributed by atoms with Gasteiger partial charge in [-0.2, -0.15) is 5.10 Å². The van der Waals surface area contributed by atoms with Gasteiger partial charge >= 0.3 is 0 Å². The molecule has 0 bridgehead atoms. The molecule has 1 N–H and O–H groups in total. The van der Waals surface area contributed by atoms with Crippen LogP contribution in [-0.2, 0) is 13.0 Å². The minimum absolute atomic E-state index is 0.572. The van der Waals surface area contributed by atoms with Crippen molar-refractivity contribution in [2.45, 2.75) is 47.1 Å². The molecule has 5 heteroatoms. The zero-order chi connectivity index (χ0) is 15.2. The number of nitrogens with one attached hydrogen (secondary N) is 1. The van der Waals surface area contributed by atoms with Crippen LogP contribution < -0.4 is 5.32 Å². The summed E-state index contributed by atoms with van der Waals surface area (Å²) in [5.74, 6) is 2.22. The molecule has 0 amide bonds. The summed E-state index contributed by atoms with van der Waals surface area (Å²) in [6, 6.07) is 4.04. The van der Waals surface area contributed by atoms with E-state index >= 15 is 0 Å². The van der Waals surface area contributed by atoms with Gasteiger partial charge < -0.3 is 5.32 Å². The van der Waals surface area contributed by atoms with E-state index < -0.39 is 0 Å². The van der Waals surface area contributed by atoms with E-state index in [-0.39, 0.29) is 0 Å². The van der Waals surface area contributed by atoms with E-state index in [0.717, 1.165) is 49.0 Å². The lowest BCUT2D eigenvalue weighted by Crippen LogP contribution is -2.08. The molecule has 0 aliphatic rings. The summed E-state index contributed by atoms with van der Waals surface area (Å²) in [6.07, 6.45) is 3.81. The highest BCUT2D eigenvalue weighted by molar-refractivity contribution is 5.53. The molecule has 2 heterocycles. The average molecular weight is 287 g/mol. The van der Waals surface area contributed by atoms with Crippen molar-refractivity contribution >= 4 is 5.82 Å². The van der Waals surface area contributed by atoms with Gasteiger partial charge in [0.05, 0.1) is 0 Å². The second kappa shape index (κ2) is 7.20. The Morgan fingerprint density at radius 3 is 2.71 bits per heavy atom. The number of rotatable bonds is 7. The van der Waals surface area contributed by atoms with E-state index in [2.05, 4.69) is 43.1 Å². The molecule has 0 aromatic carbocycles. The van der Waals surface area contributed by atoms with Crippen molar-refractivity contribution in [3.8, 4) is 11.5 Å². The Bertz CT molecular complexity index is 574. The zero-order valence-electron chi connectivity index (χ0n) is 13.4. The summed E-state index contributed by atoms with van der Waals surface area (Å²) < 4.78 is 1.98. The van der Waals surface area contributed by atoms with Crippen molar-refractivity contribution < 1.29 is 0 Å². The number of aromatic nitrogens is 4. The lowest BCUT2D eigenvalue weighted by molar-refractivity contribution is 0.605. The second-order valence-corrected chi connectivity index (χ2v) is 5.64. The van der Waals surface area contributed by atoms with Gasteiger partial charge in [-0.25, -0.2) is 9.97 Å². The number of nitrogens with zero attached hydrogens (tertiary/aromatic N) is 4. The molecule has 0 fully saturated rings. The van der Waals surface area contributed by atoms with E-state index in [1.54, 1.807) is 0 Å². The van der Waals surface area contributed by atoms with Crippen molar-refractivity contribution in [1.29, 1.82) is 0 Å². The molecule has 0 spiro atoms. The van der Waals surface area contributed by atoms with Crippen molar-refractivity contribution in [1.82, 2.24) is 19.7 Å². The summed E-state index contributed by atoms with van der Waals surface area (Å²) in [5, 5.41) is 7.66. The summed E-state index contributed by atoms with van der Waals surface area (Å²) in [6.45, 7) is 10.4. The minimum atomic E-state index is 0.572. The predicted octanol–water partition coefficient (Wildman–Crippen LogP) is 3.38. The Morgan fingerprint density at radius 2 is 2.05 bits per heavy atom. The normalized spacial score (nSPS) is 11.1. The highest BCUT2D eigenvalue weighted by Gasteiger charge is 2.12. The third kappa shape index (κ3) is 4.03. The van der Waals surface area contributed by atoms with Gasteiger partial charge in [0.25, 0.3) is 0 Å². The summed E-state index contributed by atoms with van der Waals surface area (Å²) in [5.41, 5.74) is 2.07. The van der Waals surface area contributed by atoms with Crippen molar-refractivity contribution in [3.05, 3.63) is 24.0 Å². The Balaban J connectivity index is 2.40. The van der Waals surface area contributed by atoms with E-state index in [0.29, 0.717) is 5.92 Å². The smallest absolute Gasteiger partial charge is 0.180 e.